The number of nitrogens with one attached hydrogen (secondary N) is 1. The Morgan fingerprint density at radius 2 is 2.00 bits per heavy atom. The molecule has 0 heterocycles. The standard InChI is InChI=1S/C12H18FNO3S/c1-3-8-12(2,15)9-14-18(16,17)11-7-5-4-6-10(11)13/h4-7,14-15H,3,8-9H2,1-2H3. The van der Waals surface area contributed by atoms with Crippen molar-refractivity contribution >= 4 is 10.0 Å². The lowest BCUT2D eigenvalue weighted by Gasteiger charge is -2.22. The Kier molecular flexibility index (Phi) is 4.84. The van der Waals surface area contributed by atoms with Gasteiger partial charge in [-0.1, -0.05) is 25.5 Å². The van der Waals surface area contributed by atoms with E-state index in [1.165, 1.54) is 18.2 Å². The van der Waals surface area contributed by atoms with Gasteiger partial charge in [0.2, 0.25) is 10.0 Å². The fourth-order valence-electron chi connectivity index (χ4n) is 1.62. The van der Waals surface area contributed by atoms with Crippen LogP contribution in [0.4, 0.5) is 4.39 Å². The summed E-state index contributed by atoms with van der Waals surface area (Å²) < 4.78 is 39.3. The van der Waals surface area contributed by atoms with Gasteiger partial charge in [-0.3, -0.25) is 0 Å². The van der Waals surface area contributed by atoms with Crippen molar-refractivity contribution in [2.75, 3.05) is 6.54 Å². The van der Waals surface area contributed by atoms with Crippen molar-refractivity contribution in [3.05, 3.63) is 30.1 Å². The number of hydrogen-bond acceptors (Lipinski definition) is 3. The van der Waals surface area contributed by atoms with E-state index >= 15 is 0 Å². The molecule has 2 N–H and O–H groups in total. The molecule has 0 radical (unpaired) electrons. The van der Waals surface area contributed by atoms with Crippen molar-refractivity contribution in [1.29, 1.82) is 0 Å². The molecule has 0 aromatic heterocycles. The van der Waals surface area contributed by atoms with E-state index in [1.54, 1.807) is 6.92 Å². The molecule has 0 aliphatic heterocycles. The Balaban J connectivity index is 2.81. The van der Waals surface area contributed by atoms with Crippen LogP contribution in [0.3, 0.4) is 0 Å². The van der Waals surface area contributed by atoms with Crippen LogP contribution in [-0.2, 0) is 10.0 Å². The molecule has 0 aliphatic rings. The van der Waals surface area contributed by atoms with Crippen LogP contribution in [0.2, 0.25) is 0 Å². The lowest BCUT2D eigenvalue weighted by molar-refractivity contribution is 0.0554. The van der Waals surface area contributed by atoms with Crippen molar-refractivity contribution < 1.29 is 17.9 Å². The van der Waals surface area contributed by atoms with E-state index < -0.39 is 26.3 Å². The molecule has 0 bridgehead atoms. The number of aliphatic hydroxyl groups is 1. The second kappa shape index (κ2) is 5.77. The molecule has 102 valence electrons. The average Bonchev–Trinajstić information content (AvgIpc) is 2.27. The van der Waals surface area contributed by atoms with Gasteiger partial charge in [0.1, 0.15) is 10.7 Å². The predicted molar refractivity (Wildman–Crippen MR) is 67.1 cm³/mol. The molecule has 1 atom stereocenters. The van der Waals surface area contributed by atoms with Crippen LogP contribution in [0.1, 0.15) is 26.7 Å². The highest BCUT2D eigenvalue weighted by Crippen LogP contribution is 2.15. The van der Waals surface area contributed by atoms with Crippen LogP contribution < -0.4 is 4.72 Å². The maximum Gasteiger partial charge on any atom is 0.243 e. The molecule has 4 nitrogen and oxygen atoms in total. The number of sulfonamides is 1. The van der Waals surface area contributed by atoms with E-state index in [0.717, 1.165) is 12.5 Å². The zero-order chi connectivity index (χ0) is 13.8. The summed E-state index contributed by atoms with van der Waals surface area (Å²) in [6, 6.07) is 5.13. The number of halogens is 1. The fraction of sp³-hybridized carbons (Fsp3) is 0.500. The van der Waals surface area contributed by atoms with Gasteiger partial charge >= 0.3 is 0 Å². The highest BCUT2D eigenvalue weighted by atomic mass is 32.2. The van der Waals surface area contributed by atoms with E-state index in [9.17, 15) is 17.9 Å². The minimum Gasteiger partial charge on any atom is -0.389 e. The summed E-state index contributed by atoms with van der Waals surface area (Å²) in [7, 11) is -3.93. The van der Waals surface area contributed by atoms with Crippen LogP contribution in [-0.4, -0.2) is 25.7 Å². The molecule has 0 saturated carbocycles. The smallest absolute Gasteiger partial charge is 0.243 e. The summed E-state index contributed by atoms with van der Waals surface area (Å²) in [5.41, 5.74) is -1.13. The number of benzene rings is 1. The number of hydrogen-bond donors (Lipinski definition) is 2. The summed E-state index contributed by atoms with van der Waals surface area (Å²) in [5.74, 6) is -0.805. The SMILES string of the molecule is CCCC(C)(O)CNS(=O)(=O)c1ccccc1F. The highest BCUT2D eigenvalue weighted by molar-refractivity contribution is 7.89. The van der Waals surface area contributed by atoms with E-state index in [0.29, 0.717) is 6.42 Å². The predicted octanol–water partition coefficient (Wildman–Crippen LogP) is 1.66. The fourth-order valence-corrected chi connectivity index (χ4v) is 2.86. The highest BCUT2D eigenvalue weighted by Gasteiger charge is 2.24. The third-order valence-electron chi connectivity index (χ3n) is 2.56. The quantitative estimate of drug-likeness (QED) is 0.829. The molecule has 1 rings (SSSR count). The molecule has 0 spiro atoms. The Bertz CT molecular complexity index is 500. The minimum absolute atomic E-state index is 0.141. The average molecular weight is 275 g/mol. The normalized spacial score (nSPS) is 15.3. The van der Waals surface area contributed by atoms with Gasteiger partial charge in [-0.15, -0.1) is 0 Å². The molecule has 6 heteroatoms. The molecular formula is C12H18FNO3S. The lowest BCUT2D eigenvalue weighted by atomic mass is 10.0. The largest absolute Gasteiger partial charge is 0.389 e. The zero-order valence-corrected chi connectivity index (χ0v) is 11.3. The first-order chi connectivity index (χ1) is 8.28. The third kappa shape index (κ3) is 4.04. The van der Waals surface area contributed by atoms with Crippen LogP contribution in [0.5, 0.6) is 0 Å². The van der Waals surface area contributed by atoms with Gasteiger partial charge in [-0.2, -0.15) is 0 Å². The van der Waals surface area contributed by atoms with Crippen LogP contribution in [0.15, 0.2) is 29.2 Å². The van der Waals surface area contributed by atoms with E-state index in [-0.39, 0.29) is 6.54 Å². The molecule has 1 aromatic rings. The van der Waals surface area contributed by atoms with Gasteiger partial charge < -0.3 is 5.11 Å². The Labute approximate surface area is 107 Å². The molecule has 1 aromatic carbocycles. The molecule has 0 amide bonds. The van der Waals surface area contributed by atoms with Crippen molar-refractivity contribution in [2.24, 2.45) is 0 Å². The second-order valence-corrected chi connectivity index (χ2v) is 6.24. The van der Waals surface area contributed by atoms with E-state index in [4.69, 9.17) is 0 Å². The van der Waals surface area contributed by atoms with E-state index in [2.05, 4.69) is 4.72 Å². The second-order valence-electron chi connectivity index (χ2n) is 4.50. The Hall–Kier alpha value is -0.980. The van der Waals surface area contributed by atoms with Crippen LogP contribution >= 0.6 is 0 Å². The summed E-state index contributed by atoms with van der Waals surface area (Å²) in [6.07, 6.45) is 1.20. The summed E-state index contributed by atoms with van der Waals surface area (Å²) >= 11 is 0. The lowest BCUT2D eigenvalue weighted by Crippen LogP contribution is -2.40. The summed E-state index contributed by atoms with van der Waals surface area (Å²) in [5, 5.41) is 9.87. The monoisotopic (exact) mass is 275 g/mol. The topological polar surface area (TPSA) is 66.4 Å². The molecule has 18 heavy (non-hydrogen) atoms. The summed E-state index contributed by atoms with van der Waals surface area (Å²) in [6.45, 7) is 3.29. The van der Waals surface area contributed by atoms with Gasteiger partial charge in [0.05, 0.1) is 5.60 Å². The van der Waals surface area contributed by atoms with Crippen LogP contribution in [0.25, 0.3) is 0 Å². The van der Waals surface area contributed by atoms with Gasteiger partial charge in [0.25, 0.3) is 0 Å². The van der Waals surface area contributed by atoms with Gasteiger partial charge in [0, 0.05) is 6.54 Å². The molecule has 0 saturated heterocycles. The van der Waals surface area contributed by atoms with Crippen molar-refractivity contribution in [3.8, 4) is 0 Å². The molecular weight excluding hydrogens is 257 g/mol. The van der Waals surface area contributed by atoms with Gasteiger partial charge in [-0.05, 0) is 25.5 Å². The first-order valence-electron chi connectivity index (χ1n) is 5.75. The van der Waals surface area contributed by atoms with E-state index in [1.807, 2.05) is 6.92 Å². The minimum atomic E-state index is -3.93. The van der Waals surface area contributed by atoms with Crippen molar-refractivity contribution in [3.63, 3.8) is 0 Å². The molecule has 0 fully saturated rings. The Morgan fingerprint density at radius 1 is 1.39 bits per heavy atom. The van der Waals surface area contributed by atoms with Crippen molar-refractivity contribution in [1.82, 2.24) is 4.72 Å². The maximum absolute atomic E-state index is 13.4. The Morgan fingerprint density at radius 3 is 2.56 bits per heavy atom. The van der Waals surface area contributed by atoms with Gasteiger partial charge in [0.15, 0.2) is 0 Å². The first kappa shape index (κ1) is 15.1. The zero-order valence-electron chi connectivity index (χ0n) is 10.5. The third-order valence-corrected chi connectivity index (χ3v) is 3.99. The number of rotatable bonds is 6. The van der Waals surface area contributed by atoms with Crippen molar-refractivity contribution in [2.45, 2.75) is 37.2 Å². The summed E-state index contributed by atoms with van der Waals surface area (Å²) in [4.78, 5) is -0.405. The van der Waals surface area contributed by atoms with Gasteiger partial charge in [-0.25, -0.2) is 17.5 Å². The molecule has 1 unspecified atom stereocenters. The molecule has 0 aliphatic carbocycles. The van der Waals surface area contributed by atoms with Crippen LogP contribution in [0, 0.1) is 5.82 Å². The first-order valence-corrected chi connectivity index (χ1v) is 7.23. The maximum atomic E-state index is 13.4.